The predicted molar refractivity (Wildman–Crippen MR) is 93.6 cm³/mol. The molecule has 0 atom stereocenters. The molecular weight excluding hydrogens is 653 g/mol. The Hall–Kier alpha value is -1.23. The largest absolute Gasteiger partial charge is 0.529 e. The van der Waals surface area contributed by atoms with E-state index in [0.29, 0.717) is 0 Å². The first-order valence-electron chi connectivity index (χ1n) is 10.2. The van der Waals surface area contributed by atoms with Crippen molar-refractivity contribution in [2.75, 3.05) is 26.4 Å². The molecule has 0 aliphatic carbocycles. The van der Waals surface area contributed by atoms with Crippen LogP contribution in [0.2, 0.25) is 6.04 Å². The zero-order chi connectivity index (χ0) is 32.6. The van der Waals surface area contributed by atoms with Gasteiger partial charge in [-0.1, -0.05) is 0 Å². The molecule has 0 amide bonds. The van der Waals surface area contributed by atoms with E-state index in [1.165, 1.54) is 20.8 Å². The molecule has 0 unspecified atom stereocenters. The summed E-state index contributed by atoms with van der Waals surface area (Å²) in [6.07, 6.45) is -44.8. The number of rotatable bonds is 21. The zero-order valence-electron chi connectivity index (χ0n) is 20.3. The molecule has 0 aliphatic heterocycles. The van der Waals surface area contributed by atoms with Gasteiger partial charge in [-0.15, -0.1) is 65.9 Å². The van der Waals surface area contributed by atoms with E-state index < -0.39 is 65.6 Å². The van der Waals surface area contributed by atoms with Gasteiger partial charge in [0, 0.05) is 25.9 Å². The third-order valence-electron chi connectivity index (χ3n) is 3.19. The fraction of sp³-hybridized carbons (Fsp3) is 1.00. The average Bonchev–Trinajstić information content (AvgIpc) is 2.60. The summed E-state index contributed by atoms with van der Waals surface area (Å²) >= 11 is 0. The molecule has 0 radical (unpaired) electrons. The van der Waals surface area contributed by atoms with Crippen LogP contribution in [0, 0.1) is 0 Å². The Bertz CT molecular complexity index is 770. The quantitative estimate of drug-likeness (QED) is 0.0825. The lowest BCUT2D eigenvalue weighted by molar-refractivity contribution is -0.638. The molecule has 0 aromatic rings. The van der Waals surface area contributed by atoms with Crippen molar-refractivity contribution >= 4 is 8.80 Å². The smallest absolute Gasteiger partial charge is 0.374 e. The van der Waals surface area contributed by atoms with E-state index in [4.69, 9.17) is 13.3 Å². The van der Waals surface area contributed by atoms with Crippen LogP contribution in [0.4, 0.5) is 65.9 Å². The molecule has 0 bridgehead atoms. The molecule has 248 valence electrons. The van der Waals surface area contributed by atoms with Crippen molar-refractivity contribution in [1.82, 2.24) is 0 Å². The molecule has 0 rings (SSSR count). The molecule has 0 saturated heterocycles. The van der Waals surface area contributed by atoms with Crippen molar-refractivity contribution in [2.24, 2.45) is 0 Å². The van der Waals surface area contributed by atoms with E-state index in [0.717, 1.165) is 0 Å². The van der Waals surface area contributed by atoms with E-state index in [1.54, 1.807) is 4.74 Å². The van der Waals surface area contributed by atoms with Crippen molar-refractivity contribution in [3.05, 3.63) is 0 Å². The van der Waals surface area contributed by atoms with Crippen LogP contribution < -0.4 is 0 Å². The molecule has 0 fully saturated rings. The van der Waals surface area contributed by atoms with Gasteiger partial charge in [0.2, 0.25) is 0 Å². The molecule has 26 heteroatoms. The van der Waals surface area contributed by atoms with Gasteiger partial charge in [-0.25, -0.2) is 23.7 Å². The number of halogens is 15. The molecule has 0 aromatic heterocycles. The highest BCUT2D eigenvalue weighted by molar-refractivity contribution is 6.60. The molecular formula is C15H19F15O10Si. The summed E-state index contributed by atoms with van der Waals surface area (Å²) in [7, 11) is -3.72. The Morgan fingerprint density at radius 2 is 0.683 bits per heavy atom. The van der Waals surface area contributed by atoms with Gasteiger partial charge >= 0.3 is 52.9 Å². The van der Waals surface area contributed by atoms with Crippen molar-refractivity contribution in [3.63, 3.8) is 0 Å². The Kier molecular flexibility index (Phi) is 14.1. The topological polar surface area (TPSA) is 92.3 Å². The summed E-state index contributed by atoms with van der Waals surface area (Å²) in [6.45, 7) is 2.84. The monoisotopic (exact) mass is 672 g/mol. The third-order valence-corrected chi connectivity index (χ3v) is 6.20. The van der Waals surface area contributed by atoms with Gasteiger partial charge in [-0.2, -0.15) is 4.74 Å². The van der Waals surface area contributed by atoms with E-state index >= 15 is 0 Å². The van der Waals surface area contributed by atoms with E-state index in [9.17, 15) is 65.9 Å². The second-order valence-corrected chi connectivity index (χ2v) is 9.15. The van der Waals surface area contributed by atoms with Crippen LogP contribution in [0.15, 0.2) is 0 Å². The van der Waals surface area contributed by atoms with Crippen LogP contribution in [0.5, 0.6) is 0 Å². The number of alkyl halides is 15. The van der Waals surface area contributed by atoms with Gasteiger partial charge in [0.1, 0.15) is 0 Å². The van der Waals surface area contributed by atoms with Gasteiger partial charge in [-0.3, -0.25) is 4.74 Å². The maximum atomic E-state index is 13.6. The molecule has 0 spiro atoms. The van der Waals surface area contributed by atoms with E-state index in [1.807, 2.05) is 14.2 Å². The molecule has 0 heterocycles. The van der Waals surface area contributed by atoms with Crippen LogP contribution in [0.25, 0.3) is 0 Å². The van der Waals surface area contributed by atoms with Crippen molar-refractivity contribution in [1.29, 1.82) is 0 Å². The van der Waals surface area contributed by atoms with Gasteiger partial charge < -0.3 is 13.3 Å². The summed E-state index contributed by atoms with van der Waals surface area (Å²) in [4.78, 5) is 0. The fourth-order valence-electron chi connectivity index (χ4n) is 2.26. The lowest BCUT2D eigenvalue weighted by Crippen LogP contribution is -2.49. The molecule has 0 aliphatic rings. The molecule has 0 saturated carbocycles. The van der Waals surface area contributed by atoms with Gasteiger partial charge in [0.25, 0.3) is 0 Å². The third kappa shape index (κ3) is 17.5. The van der Waals surface area contributed by atoms with Crippen molar-refractivity contribution in [2.45, 2.75) is 70.9 Å². The summed E-state index contributed by atoms with van der Waals surface area (Å²) in [5.74, 6) is 0. The number of hydrogen-bond acceptors (Lipinski definition) is 10. The first kappa shape index (κ1) is 39.8. The standard InChI is InChI=1S/C15H19F15O10Si/c1-4-32-41(33-5-2,34-6-3)8-7-31-10(19,20)36-12(23,24)38-14(27,28)40-15(29,30)39-13(25,26)37-11(21,22)35-9(16,17)18/h4-8H2,1-3H3. The fourth-order valence-corrected chi connectivity index (χ4v) is 4.61. The Morgan fingerprint density at radius 1 is 0.415 bits per heavy atom. The lowest BCUT2D eigenvalue weighted by atomic mass is 10.8. The zero-order valence-corrected chi connectivity index (χ0v) is 21.3. The SMILES string of the molecule is CCO[Si](CCOC(F)(F)OC(F)(F)OC(F)(F)OC(F)(F)OC(F)(F)OC(F)(F)OC(F)(F)F)(OCC)OCC. The average molecular weight is 672 g/mol. The second kappa shape index (κ2) is 14.5. The molecule has 10 nitrogen and oxygen atoms in total. The van der Waals surface area contributed by atoms with E-state index in [2.05, 4.69) is 14.2 Å². The molecule has 0 N–H and O–H groups in total. The normalized spacial score (nSPS) is 15.1. The summed E-state index contributed by atoms with van der Waals surface area (Å²) in [5, 5.41) is 0. The van der Waals surface area contributed by atoms with Crippen LogP contribution in [0.1, 0.15) is 20.8 Å². The van der Waals surface area contributed by atoms with Gasteiger partial charge in [-0.05, 0) is 20.8 Å². The highest BCUT2D eigenvalue weighted by Crippen LogP contribution is 2.41. The summed E-state index contributed by atoms with van der Waals surface area (Å²) in [6, 6.07) is -0.653. The highest BCUT2D eigenvalue weighted by atomic mass is 28.4. The minimum Gasteiger partial charge on any atom is -0.374 e. The van der Waals surface area contributed by atoms with Crippen LogP contribution in [0.3, 0.4) is 0 Å². The van der Waals surface area contributed by atoms with Crippen LogP contribution in [-0.4, -0.2) is 79.4 Å². The van der Waals surface area contributed by atoms with Crippen LogP contribution >= 0.6 is 0 Å². The number of hydrogen-bond donors (Lipinski definition) is 0. The van der Waals surface area contributed by atoms with Gasteiger partial charge in [0.05, 0.1) is 6.61 Å². The maximum absolute atomic E-state index is 13.6. The summed E-state index contributed by atoms with van der Waals surface area (Å²) in [5.41, 5.74) is 0. The van der Waals surface area contributed by atoms with Crippen molar-refractivity contribution in [3.8, 4) is 0 Å². The Balaban J connectivity index is 5.28. The van der Waals surface area contributed by atoms with E-state index in [-0.39, 0.29) is 19.8 Å². The Labute approximate surface area is 219 Å². The van der Waals surface area contributed by atoms with Crippen molar-refractivity contribution < 1.29 is 112 Å². The van der Waals surface area contributed by atoms with Gasteiger partial charge in [0.15, 0.2) is 0 Å². The van der Waals surface area contributed by atoms with Crippen LogP contribution in [-0.2, 0) is 46.4 Å². The number of ether oxygens (including phenoxy) is 7. The maximum Gasteiger partial charge on any atom is 0.529 e. The minimum atomic E-state index is -6.72. The summed E-state index contributed by atoms with van der Waals surface area (Å²) < 4.78 is 224. The lowest BCUT2D eigenvalue weighted by Gasteiger charge is -2.30. The molecule has 41 heavy (non-hydrogen) atoms. The first-order valence-corrected chi connectivity index (χ1v) is 12.2. The highest BCUT2D eigenvalue weighted by Gasteiger charge is 2.62. The predicted octanol–water partition coefficient (Wildman–Crippen LogP) is 5.97. The molecule has 0 aromatic carbocycles. The first-order chi connectivity index (χ1) is 18.1. The Morgan fingerprint density at radius 3 is 0.951 bits per heavy atom. The minimum absolute atomic E-state index is 0.0731. The second-order valence-electron chi connectivity index (χ2n) is 6.42.